The lowest BCUT2D eigenvalue weighted by Crippen LogP contribution is -2.58. The number of rotatable bonds is 9. The van der Waals surface area contributed by atoms with Gasteiger partial charge in [-0.1, -0.05) is 18.2 Å². The number of carboxylic acid groups (broad SMARTS) is 1. The molecule has 3 aliphatic rings. The van der Waals surface area contributed by atoms with Crippen molar-refractivity contribution < 1.29 is 36.6 Å². The van der Waals surface area contributed by atoms with Crippen LogP contribution in [0.2, 0.25) is 0 Å². The molecule has 44 heavy (non-hydrogen) atoms. The topological polar surface area (TPSA) is 137 Å². The van der Waals surface area contributed by atoms with Gasteiger partial charge in [0.25, 0.3) is 0 Å². The molecule has 2 aliphatic heterocycles. The molecule has 0 radical (unpaired) electrons. The molecular weight excluding hydrogens is 594 g/mol. The zero-order chi connectivity index (χ0) is 31.5. The summed E-state index contributed by atoms with van der Waals surface area (Å²) in [5.41, 5.74) is 0.00332. The molecule has 2 bridgehead atoms. The van der Waals surface area contributed by atoms with Crippen LogP contribution in [0, 0.1) is 11.6 Å². The molecule has 0 spiro atoms. The Hall–Kier alpha value is -3.13. The van der Waals surface area contributed by atoms with Gasteiger partial charge in [0.15, 0.2) is 0 Å². The molecule has 2 heterocycles. The summed E-state index contributed by atoms with van der Waals surface area (Å²) in [5.74, 6) is -1.60. The van der Waals surface area contributed by atoms with Crippen LogP contribution >= 0.6 is 0 Å². The number of halogens is 2. The highest BCUT2D eigenvalue weighted by atomic mass is 32.2. The van der Waals surface area contributed by atoms with Gasteiger partial charge in [-0.05, 0) is 81.2 Å². The first kappa shape index (κ1) is 32.3. The van der Waals surface area contributed by atoms with E-state index >= 15 is 4.39 Å². The Morgan fingerprint density at radius 3 is 2.55 bits per heavy atom. The molecule has 4 N–H and O–H groups in total. The summed E-state index contributed by atoms with van der Waals surface area (Å²) in [6.45, 7) is 0.832. The van der Waals surface area contributed by atoms with E-state index < -0.39 is 45.1 Å². The van der Waals surface area contributed by atoms with Crippen LogP contribution in [0.25, 0.3) is 0 Å². The summed E-state index contributed by atoms with van der Waals surface area (Å²) in [5, 5.41) is 18.4. The SMILES string of the molecule is COC1CCC(c2ccc(F)cc2)([C@H](NC(=O)O)C(=O)Nc2cccc(F)c2CC[C@H]2CN[C@@H]3CCCS(=O)(=O)N2C3)CC1. The highest BCUT2D eigenvalue weighted by Crippen LogP contribution is 2.43. The van der Waals surface area contributed by atoms with Crippen molar-refractivity contribution in [2.45, 2.75) is 81.0 Å². The number of carbonyl (C=O) groups excluding carboxylic acids is 1. The third-order valence-corrected chi connectivity index (χ3v) is 11.5. The highest BCUT2D eigenvalue weighted by Gasteiger charge is 2.48. The molecule has 5 rings (SSSR count). The van der Waals surface area contributed by atoms with Crippen molar-refractivity contribution >= 4 is 27.7 Å². The number of benzene rings is 2. The van der Waals surface area contributed by atoms with Crippen LogP contribution in [0.1, 0.15) is 56.1 Å². The summed E-state index contributed by atoms with van der Waals surface area (Å²) in [4.78, 5) is 26.0. The van der Waals surface area contributed by atoms with E-state index in [1.54, 1.807) is 25.3 Å². The number of nitrogens with zero attached hydrogens (tertiary/aromatic N) is 1. The lowest BCUT2D eigenvalue weighted by Gasteiger charge is -2.44. The normalized spacial score (nSPS) is 28.8. The number of hydrogen-bond acceptors (Lipinski definition) is 6. The fourth-order valence-corrected chi connectivity index (χ4v) is 8.94. The summed E-state index contributed by atoms with van der Waals surface area (Å²) in [7, 11) is -1.83. The van der Waals surface area contributed by atoms with Crippen molar-refractivity contribution in [1.82, 2.24) is 14.9 Å². The Kier molecular flexibility index (Phi) is 9.88. The molecule has 10 nitrogen and oxygen atoms in total. The van der Waals surface area contributed by atoms with Gasteiger partial charge in [0.1, 0.15) is 17.7 Å². The Morgan fingerprint density at radius 1 is 1.14 bits per heavy atom. The number of carbonyl (C=O) groups is 2. The van der Waals surface area contributed by atoms with E-state index in [9.17, 15) is 27.5 Å². The van der Waals surface area contributed by atoms with Gasteiger partial charge in [-0.2, -0.15) is 4.31 Å². The number of methoxy groups -OCH3 is 1. The molecule has 4 atom stereocenters. The standard InChI is InChI=1S/C31H40F2N4O6S/c1-43-24-13-15-31(16-14-24,20-7-9-21(32)10-8-20)28(36-30(39)40)29(38)35-27-6-2-5-26(33)25(27)12-11-23-18-34-22-4-3-17-44(41,42)37(23)19-22/h2,5-10,22-24,28,34,36H,3-4,11-19H2,1H3,(H,35,38)(H,39,40)/t22-,23+,24?,28-,31?/m1/s1. The van der Waals surface area contributed by atoms with Crippen LogP contribution in [0.3, 0.4) is 0 Å². The predicted molar refractivity (Wildman–Crippen MR) is 161 cm³/mol. The summed E-state index contributed by atoms with van der Waals surface area (Å²) in [6, 6.07) is 8.45. The molecule has 2 saturated heterocycles. The van der Waals surface area contributed by atoms with E-state index in [-0.39, 0.29) is 41.6 Å². The van der Waals surface area contributed by atoms with Gasteiger partial charge >= 0.3 is 6.09 Å². The maximum absolute atomic E-state index is 15.3. The molecule has 2 aromatic rings. The van der Waals surface area contributed by atoms with Gasteiger partial charge < -0.3 is 25.8 Å². The van der Waals surface area contributed by atoms with Crippen molar-refractivity contribution in [2.24, 2.45) is 0 Å². The second-order valence-electron chi connectivity index (χ2n) is 12.1. The highest BCUT2D eigenvalue weighted by molar-refractivity contribution is 7.89. The molecule has 0 aromatic heterocycles. The van der Waals surface area contributed by atoms with Crippen LogP contribution in [-0.2, 0) is 31.4 Å². The van der Waals surface area contributed by atoms with E-state index in [2.05, 4.69) is 16.0 Å². The van der Waals surface area contributed by atoms with Gasteiger partial charge in [0.05, 0.1) is 11.9 Å². The zero-order valence-electron chi connectivity index (χ0n) is 24.7. The molecular formula is C31H40F2N4O6S. The fraction of sp³-hybridized carbons (Fsp3) is 0.548. The number of sulfonamides is 1. The number of ether oxygens (including phenoxy) is 1. The van der Waals surface area contributed by atoms with Crippen LogP contribution < -0.4 is 16.0 Å². The van der Waals surface area contributed by atoms with Gasteiger partial charge in [-0.3, -0.25) is 4.79 Å². The lowest BCUT2D eigenvalue weighted by molar-refractivity contribution is -0.120. The maximum atomic E-state index is 15.3. The summed E-state index contributed by atoms with van der Waals surface area (Å²) < 4.78 is 62.1. The number of fused-ring (bicyclic) bond motifs is 2. The third-order valence-electron chi connectivity index (χ3n) is 9.53. The second-order valence-corrected chi connectivity index (χ2v) is 14.1. The molecule has 2 amide bonds. The Balaban J connectivity index is 1.41. The van der Waals surface area contributed by atoms with E-state index in [4.69, 9.17) is 4.74 Å². The average molecular weight is 635 g/mol. The molecule has 3 fully saturated rings. The number of hydrogen-bond donors (Lipinski definition) is 4. The van der Waals surface area contributed by atoms with E-state index in [0.29, 0.717) is 57.2 Å². The Morgan fingerprint density at radius 2 is 1.86 bits per heavy atom. The van der Waals surface area contributed by atoms with Crippen molar-refractivity contribution in [3.8, 4) is 0 Å². The van der Waals surface area contributed by atoms with Crippen LogP contribution in [0.15, 0.2) is 42.5 Å². The van der Waals surface area contributed by atoms with Crippen LogP contribution in [0.5, 0.6) is 0 Å². The number of nitrogens with one attached hydrogen (secondary N) is 3. The smallest absolute Gasteiger partial charge is 0.405 e. The van der Waals surface area contributed by atoms with Crippen molar-refractivity contribution in [1.29, 1.82) is 0 Å². The van der Waals surface area contributed by atoms with Crippen molar-refractivity contribution in [3.63, 3.8) is 0 Å². The minimum absolute atomic E-state index is 0.0653. The molecule has 1 unspecified atom stereocenters. The minimum atomic E-state index is -3.43. The first-order valence-electron chi connectivity index (χ1n) is 15.1. The quantitative estimate of drug-likeness (QED) is 0.330. The Labute approximate surface area is 256 Å². The van der Waals surface area contributed by atoms with Crippen molar-refractivity contribution in [2.75, 3.05) is 31.3 Å². The number of anilines is 1. The maximum Gasteiger partial charge on any atom is 0.405 e. The van der Waals surface area contributed by atoms with Crippen LogP contribution in [-0.4, -0.2) is 80.0 Å². The van der Waals surface area contributed by atoms with Gasteiger partial charge in [0, 0.05) is 48.9 Å². The number of amides is 2. The lowest BCUT2D eigenvalue weighted by atomic mass is 9.64. The number of piperazine rings is 1. The van der Waals surface area contributed by atoms with E-state index in [0.717, 1.165) is 6.42 Å². The van der Waals surface area contributed by atoms with Gasteiger partial charge in [-0.25, -0.2) is 22.0 Å². The second kappa shape index (κ2) is 13.5. The van der Waals surface area contributed by atoms with Gasteiger partial charge in [-0.15, -0.1) is 0 Å². The average Bonchev–Trinajstić information content (AvgIpc) is 3.11. The Bertz CT molecular complexity index is 1450. The van der Waals surface area contributed by atoms with Crippen molar-refractivity contribution in [3.05, 3.63) is 65.2 Å². The molecule has 1 saturated carbocycles. The predicted octanol–water partition coefficient (Wildman–Crippen LogP) is 3.77. The van der Waals surface area contributed by atoms with Crippen LogP contribution in [0.4, 0.5) is 19.3 Å². The monoisotopic (exact) mass is 634 g/mol. The molecule has 13 heteroatoms. The van der Waals surface area contributed by atoms with E-state index in [1.807, 2.05) is 0 Å². The van der Waals surface area contributed by atoms with Gasteiger partial charge in [0.2, 0.25) is 15.9 Å². The zero-order valence-corrected chi connectivity index (χ0v) is 25.5. The fourth-order valence-electron chi connectivity index (χ4n) is 7.14. The summed E-state index contributed by atoms with van der Waals surface area (Å²) in [6.07, 6.45) is 2.29. The first-order valence-corrected chi connectivity index (χ1v) is 16.7. The third kappa shape index (κ3) is 6.90. The molecule has 1 aliphatic carbocycles. The molecule has 240 valence electrons. The first-order chi connectivity index (χ1) is 21.0. The molecule has 2 aromatic carbocycles. The minimum Gasteiger partial charge on any atom is -0.465 e. The summed E-state index contributed by atoms with van der Waals surface area (Å²) >= 11 is 0. The largest absolute Gasteiger partial charge is 0.465 e. The van der Waals surface area contributed by atoms with E-state index in [1.165, 1.54) is 28.6 Å².